The van der Waals surface area contributed by atoms with E-state index < -0.39 is 0 Å². The molecule has 0 amide bonds. The van der Waals surface area contributed by atoms with Gasteiger partial charge in [0, 0.05) is 0 Å². The van der Waals surface area contributed by atoms with Gasteiger partial charge in [0.05, 0.1) is 6.10 Å². The fourth-order valence-electron chi connectivity index (χ4n) is 3.56. The summed E-state index contributed by atoms with van der Waals surface area (Å²) in [6, 6.07) is 0. The highest BCUT2D eigenvalue weighted by atomic mass is 16.3. The van der Waals surface area contributed by atoms with Gasteiger partial charge < -0.3 is 5.11 Å². The minimum atomic E-state index is -0.0603. The molecule has 0 bridgehead atoms. The van der Waals surface area contributed by atoms with Crippen molar-refractivity contribution >= 4 is 0 Å². The molecule has 1 aliphatic carbocycles. The Hall–Kier alpha value is -0.0400. The third kappa shape index (κ3) is 3.76. The van der Waals surface area contributed by atoms with Crippen molar-refractivity contribution in [3.63, 3.8) is 0 Å². The van der Waals surface area contributed by atoms with Crippen LogP contribution < -0.4 is 0 Å². The molecular weight excluding hydrogens is 196 g/mol. The van der Waals surface area contributed by atoms with E-state index >= 15 is 0 Å². The van der Waals surface area contributed by atoms with Crippen molar-refractivity contribution in [1.29, 1.82) is 0 Å². The molecule has 1 fully saturated rings. The molecule has 1 heteroatoms. The van der Waals surface area contributed by atoms with Crippen molar-refractivity contribution in [3.8, 4) is 0 Å². The van der Waals surface area contributed by atoms with Gasteiger partial charge in [0.2, 0.25) is 0 Å². The number of aliphatic hydroxyl groups is 1. The molecule has 0 aromatic rings. The first-order valence-electron chi connectivity index (χ1n) is 7.15. The van der Waals surface area contributed by atoms with Crippen molar-refractivity contribution in [2.75, 3.05) is 0 Å². The van der Waals surface area contributed by atoms with Crippen LogP contribution in [-0.2, 0) is 0 Å². The Balaban J connectivity index is 2.43. The number of hydrogen-bond acceptors (Lipinski definition) is 1. The van der Waals surface area contributed by atoms with Crippen LogP contribution in [0.5, 0.6) is 0 Å². The van der Waals surface area contributed by atoms with E-state index in [1.165, 1.54) is 25.7 Å². The Bertz CT molecular complexity index is 198. The van der Waals surface area contributed by atoms with Gasteiger partial charge in [0.15, 0.2) is 0 Å². The van der Waals surface area contributed by atoms with Gasteiger partial charge in [-0.1, -0.05) is 47.0 Å². The molecule has 0 aromatic heterocycles. The van der Waals surface area contributed by atoms with Crippen LogP contribution in [0.25, 0.3) is 0 Å². The number of hydrogen-bond donors (Lipinski definition) is 1. The van der Waals surface area contributed by atoms with Crippen molar-refractivity contribution in [2.24, 2.45) is 17.3 Å². The highest BCUT2D eigenvalue weighted by Crippen LogP contribution is 2.46. The van der Waals surface area contributed by atoms with Crippen LogP contribution in [0, 0.1) is 17.3 Å². The third-order valence-electron chi connectivity index (χ3n) is 4.60. The second-order valence-electron chi connectivity index (χ2n) is 6.48. The zero-order valence-corrected chi connectivity index (χ0v) is 11.6. The Labute approximate surface area is 102 Å². The first-order chi connectivity index (χ1) is 7.47. The van der Waals surface area contributed by atoms with E-state index in [2.05, 4.69) is 27.7 Å². The molecule has 0 spiro atoms. The summed E-state index contributed by atoms with van der Waals surface area (Å²) >= 11 is 0. The molecule has 3 unspecified atom stereocenters. The van der Waals surface area contributed by atoms with Crippen LogP contribution in [0.3, 0.4) is 0 Å². The van der Waals surface area contributed by atoms with Crippen molar-refractivity contribution < 1.29 is 5.11 Å². The molecule has 16 heavy (non-hydrogen) atoms. The molecule has 1 aliphatic rings. The Morgan fingerprint density at radius 3 is 2.56 bits per heavy atom. The standard InChI is InChI=1S/C15H30O/c1-5-7-13(16)9-10-14-12(2)8-6-11-15(14,3)4/h12-14,16H,5-11H2,1-4H3. The zero-order chi connectivity index (χ0) is 12.2. The van der Waals surface area contributed by atoms with Crippen molar-refractivity contribution in [3.05, 3.63) is 0 Å². The monoisotopic (exact) mass is 226 g/mol. The van der Waals surface area contributed by atoms with E-state index in [1.807, 2.05) is 0 Å². The molecular formula is C15H30O. The minimum absolute atomic E-state index is 0.0603. The molecule has 1 nitrogen and oxygen atoms in total. The molecule has 1 rings (SSSR count). The van der Waals surface area contributed by atoms with Crippen LogP contribution in [0.15, 0.2) is 0 Å². The lowest BCUT2D eigenvalue weighted by atomic mass is 9.62. The fourth-order valence-corrected chi connectivity index (χ4v) is 3.56. The second kappa shape index (κ2) is 6.05. The molecule has 0 aliphatic heterocycles. The Kier molecular flexibility index (Phi) is 5.30. The Morgan fingerprint density at radius 2 is 2.00 bits per heavy atom. The molecule has 1 saturated carbocycles. The van der Waals surface area contributed by atoms with Gasteiger partial charge in [0.25, 0.3) is 0 Å². The van der Waals surface area contributed by atoms with Gasteiger partial charge in [0.1, 0.15) is 0 Å². The molecule has 96 valence electrons. The largest absolute Gasteiger partial charge is 0.393 e. The van der Waals surface area contributed by atoms with Crippen LogP contribution >= 0.6 is 0 Å². The van der Waals surface area contributed by atoms with E-state index in [-0.39, 0.29) is 6.10 Å². The molecule has 1 N–H and O–H groups in total. The van der Waals surface area contributed by atoms with E-state index in [9.17, 15) is 5.11 Å². The molecule has 0 aromatic carbocycles. The molecule has 0 radical (unpaired) electrons. The van der Waals surface area contributed by atoms with Gasteiger partial charge in [-0.15, -0.1) is 0 Å². The Morgan fingerprint density at radius 1 is 1.31 bits per heavy atom. The maximum atomic E-state index is 9.84. The summed E-state index contributed by atoms with van der Waals surface area (Å²) in [6.45, 7) is 9.38. The highest BCUT2D eigenvalue weighted by molar-refractivity contribution is 4.86. The average Bonchev–Trinajstić information content (AvgIpc) is 2.16. The van der Waals surface area contributed by atoms with Crippen molar-refractivity contribution in [1.82, 2.24) is 0 Å². The van der Waals surface area contributed by atoms with Gasteiger partial charge in [-0.3, -0.25) is 0 Å². The van der Waals surface area contributed by atoms with Crippen LogP contribution in [0.4, 0.5) is 0 Å². The fraction of sp³-hybridized carbons (Fsp3) is 1.00. The van der Waals surface area contributed by atoms with Gasteiger partial charge in [-0.2, -0.15) is 0 Å². The summed E-state index contributed by atoms with van der Waals surface area (Å²) < 4.78 is 0. The van der Waals surface area contributed by atoms with Crippen LogP contribution in [-0.4, -0.2) is 11.2 Å². The molecule has 3 atom stereocenters. The first kappa shape index (κ1) is 14.0. The summed E-state index contributed by atoms with van der Waals surface area (Å²) in [5.41, 5.74) is 0.490. The van der Waals surface area contributed by atoms with Gasteiger partial charge in [-0.25, -0.2) is 0 Å². The lowest BCUT2D eigenvalue weighted by Gasteiger charge is -2.43. The quantitative estimate of drug-likeness (QED) is 0.737. The van der Waals surface area contributed by atoms with E-state index in [1.54, 1.807) is 0 Å². The smallest absolute Gasteiger partial charge is 0.0540 e. The highest BCUT2D eigenvalue weighted by Gasteiger charge is 2.36. The van der Waals surface area contributed by atoms with Crippen LogP contribution in [0.2, 0.25) is 0 Å². The summed E-state index contributed by atoms with van der Waals surface area (Å²) in [6.07, 6.45) is 8.38. The maximum Gasteiger partial charge on any atom is 0.0540 e. The first-order valence-corrected chi connectivity index (χ1v) is 7.15. The summed E-state index contributed by atoms with van der Waals surface area (Å²) in [5.74, 6) is 1.66. The normalized spacial score (nSPS) is 31.3. The average molecular weight is 226 g/mol. The number of rotatable bonds is 5. The van der Waals surface area contributed by atoms with E-state index in [0.29, 0.717) is 5.41 Å². The van der Waals surface area contributed by atoms with Gasteiger partial charge >= 0.3 is 0 Å². The van der Waals surface area contributed by atoms with Crippen molar-refractivity contribution in [2.45, 2.75) is 78.7 Å². The zero-order valence-electron chi connectivity index (χ0n) is 11.6. The minimum Gasteiger partial charge on any atom is -0.393 e. The third-order valence-corrected chi connectivity index (χ3v) is 4.60. The lowest BCUT2D eigenvalue weighted by Crippen LogP contribution is -2.34. The summed E-state index contributed by atoms with van der Waals surface area (Å²) in [7, 11) is 0. The second-order valence-corrected chi connectivity index (χ2v) is 6.48. The predicted octanol–water partition coefficient (Wildman–Crippen LogP) is 4.39. The predicted molar refractivity (Wildman–Crippen MR) is 70.4 cm³/mol. The molecule has 0 saturated heterocycles. The SMILES string of the molecule is CCCC(O)CCC1C(C)CCCC1(C)C. The number of aliphatic hydroxyl groups excluding tert-OH is 1. The van der Waals surface area contributed by atoms with E-state index in [4.69, 9.17) is 0 Å². The summed E-state index contributed by atoms with van der Waals surface area (Å²) in [5, 5.41) is 9.84. The maximum absolute atomic E-state index is 9.84. The van der Waals surface area contributed by atoms with Crippen LogP contribution in [0.1, 0.15) is 72.6 Å². The van der Waals surface area contributed by atoms with Gasteiger partial charge in [-0.05, 0) is 42.9 Å². The molecule has 0 heterocycles. The topological polar surface area (TPSA) is 20.2 Å². The summed E-state index contributed by atoms with van der Waals surface area (Å²) in [4.78, 5) is 0. The van der Waals surface area contributed by atoms with E-state index in [0.717, 1.165) is 31.1 Å². The lowest BCUT2D eigenvalue weighted by molar-refractivity contribution is 0.0560.